The molecule has 0 spiro atoms. The van der Waals surface area contributed by atoms with E-state index in [4.69, 9.17) is 0 Å². The lowest BCUT2D eigenvalue weighted by molar-refractivity contribution is -0.116. The molecule has 2 aromatic rings. The topological polar surface area (TPSA) is 57.7 Å². The second kappa shape index (κ2) is 7.60. The third-order valence-electron chi connectivity index (χ3n) is 5.20. The van der Waals surface area contributed by atoms with Crippen LogP contribution in [0.15, 0.2) is 41.3 Å². The van der Waals surface area contributed by atoms with Crippen molar-refractivity contribution in [1.29, 1.82) is 0 Å². The highest BCUT2D eigenvalue weighted by Gasteiger charge is 2.29. The van der Waals surface area contributed by atoms with E-state index in [1.54, 1.807) is 24.0 Å². The van der Waals surface area contributed by atoms with Crippen LogP contribution in [0.1, 0.15) is 37.4 Å². The Kier molecular flexibility index (Phi) is 5.54. The number of hydrogen-bond acceptors (Lipinski definition) is 3. The largest absolute Gasteiger partial charge is 0.312 e. The van der Waals surface area contributed by atoms with Crippen LogP contribution in [0.2, 0.25) is 0 Å². The number of aryl methyl sites for hydroxylation is 1. The van der Waals surface area contributed by atoms with Gasteiger partial charge in [-0.15, -0.1) is 0 Å². The maximum absolute atomic E-state index is 13.5. The first-order valence-corrected chi connectivity index (χ1v) is 10.4. The predicted octanol–water partition coefficient (Wildman–Crippen LogP) is 3.65. The number of fused-ring (bicyclic) bond motifs is 1. The van der Waals surface area contributed by atoms with Crippen molar-refractivity contribution < 1.29 is 22.0 Å². The fourth-order valence-corrected chi connectivity index (χ4v) is 4.82. The molecule has 0 bridgehead atoms. The number of carbonyl (C=O) groups is 1. The summed E-state index contributed by atoms with van der Waals surface area (Å²) in [4.78, 5) is 13.5. The Hall–Kier alpha value is -2.32. The summed E-state index contributed by atoms with van der Waals surface area (Å²) < 4.78 is 54.0. The van der Waals surface area contributed by atoms with E-state index >= 15 is 0 Å². The highest BCUT2D eigenvalue weighted by atomic mass is 32.2. The molecule has 2 aromatic carbocycles. The van der Waals surface area contributed by atoms with Gasteiger partial charge in [0.2, 0.25) is 15.9 Å². The average Bonchev–Trinajstić information content (AvgIpc) is 2.67. The Morgan fingerprint density at radius 1 is 1.14 bits per heavy atom. The first-order valence-electron chi connectivity index (χ1n) is 8.97. The molecule has 1 heterocycles. The van der Waals surface area contributed by atoms with Gasteiger partial charge in [0.15, 0.2) is 11.6 Å². The van der Waals surface area contributed by atoms with Crippen LogP contribution in [0, 0.1) is 11.6 Å². The Morgan fingerprint density at radius 3 is 2.50 bits per heavy atom. The Labute approximate surface area is 163 Å². The fourth-order valence-electron chi connectivity index (χ4n) is 3.42. The Bertz CT molecular complexity index is 1020. The van der Waals surface area contributed by atoms with E-state index in [9.17, 15) is 22.0 Å². The van der Waals surface area contributed by atoms with Crippen molar-refractivity contribution in [2.75, 3.05) is 18.5 Å². The minimum atomic E-state index is -3.87. The molecule has 0 fully saturated rings. The van der Waals surface area contributed by atoms with E-state index in [0.29, 0.717) is 18.5 Å². The Morgan fingerprint density at radius 2 is 1.86 bits per heavy atom. The second-order valence-electron chi connectivity index (χ2n) is 6.94. The van der Waals surface area contributed by atoms with E-state index in [2.05, 4.69) is 0 Å². The van der Waals surface area contributed by atoms with E-state index in [1.165, 1.54) is 26.1 Å². The molecule has 1 amide bonds. The molecular formula is C20H22F2N2O3S. The molecule has 0 radical (unpaired) electrons. The van der Waals surface area contributed by atoms with Crippen LogP contribution in [0.3, 0.4) is 0 Å². The average molecular weight is 408 g/mol. The predicted molar refractivity (Wildman–Crippen MR) is 103 cm³/mol. The summed E-state index contributed by atoms with van der Waals surface area (Å²) in [5.41, 5.74) is 1.89. The first kappa shape index (κ1) is 20.4. The zero-order chi connectivity index (χ0) is 20.6. The van der Waals surface area contributed by atoms with Crippen LogP contribution in [0.4, 0.5) is 14.5 Å². The lowest BCUT2D eigenvalue weighted by Gasteiger charge is -2.30. The molecule has 1 aliphatic heterocycles. The summed E-state index contributed by atoms with van der Waals surface area (Å²) in [6.07, 6.45) is 1.45. The number of halogens is 2. The molecule has 0 aliphatic carbocycles. The molecule has 1 aliphatic rings. The van der Waals surface area contributed by atoms with Gasteiger partial charge >= 0.3 is 0 Å². The molecule has 5 nitrogen and oxygen atoms in total. The molecule has 0 N–H and O–H groups in total. The number of nitrogens with zero attached hydrogens (tertiary/aromatic N) is 2. The van der Waals surface area contributed by atoms with Gasteiger partial charge in [0.1, 0.15) is 0 Å². The molecule has 0 saturated heterocycles. The number of sulfonamides is 1. The maximum atomic E-state index is 13.5. The van der Waals surface area contributed by atoms with E-state index in [1.807, 2.05) is 0 Å². The molecule has 1 atom stereocenters. The Balaban J connectivity index is 1.93. The number of carbonyl (C=O) groups excluding carboxylic acids is 1. The fraction of sp³-hybridized carbons (Fsp3) is 0.350. The molecule has 0 aromatic heterocycles. The molecule has 0 saturated carbocycles. The zero-order valence-corrected chi connectivity index (χ0v) is 16.8. The second-order valence-corrected chi connectivity index (χ2v) is 8.93. The van der Waals surface area contributed by atoms with Crippen molar-refractivity contribution in [3.63, 3.8) is 0 Å². The number of benzene rings is 2. The van der Waals surface area contributed by atoms with Gasteiger partial charge in [-0.05, 0) is 61.2 Å². The highest BCUT2D eigenvalue weighted by Crippen LogP contribution is 2.32. The standard InChI is InChI=1S/C20H22F2N2O3S/c1-13(15-6-8-18(21)19(22)12-15)23(3)28(26,27)17-7-9-20-16(11-17)5-4-10-24(20)14(2)25/h6-9,11-13H,4-5,10H2,1-3H3. The van der Waals surface area contributed by atoms with Gasteiger partial charge in [0, 0.05) is 32.2 Å². The van der Waals surface area contributed by atoms with Gasteiger partial charge in [0.05, 0.1) is 4.90 Å². The quantitative estimate of drug-likeness (QED) is 0.776. The zero-order valence-electron chi connectivity index (χ0n) is 15.9. The minimum Gasteiger partial charge on any atom is -0.312 e. The van der Waals surface area contributed by atoms with Crippen molar-refractivity contribution in [2.24, 2.45) is 0 Å². The van der Waals surface area contributed by atoms with E-state index in [0.717, 1.165) is 34.1 Å². The van der Waals surface area contributed by atoms with Crippen molar-refractivity contribution in [1.82, 2.24) is 4.31 Å². The first-order chi connectivity index (χ1) is 13.1. The van der Waals surface area contributed by atoms with Gasteiger partial charge in [-0.1, -0.05) is 6.07 Å². The SMILES string of the molecule is CC(=O)N1CCCc2cc(S(=O)(=O)N(C)C(C)c3ccc(F)c(F)c3)ccc21. The number of amides is 1. The maximum Gasteiger partial charge on any atom is 0.243 e. The molecule has 3 rings (SSSR count). The molecule has 28 heavy (non-hydrogen) atoms. The molecular weight excluding hydrogens is 386 g/mol. The number of hydrogen-bond donors (Lipinski definition) is 0. The van der Waals surface area contributed by atoms with Gasteiger partial charge in [-0.2, -0.15) is 4.31 Å². The summed E-state index contributed by atoms with van der Waals surface area (Å²) in [6, 6.07) is 7.38. The summed E-state index contributed by atoms with van der Waals surface area (Å²) in [5, 5.41) is 0. The third kappa shape index (κ3) is 3.66. The summed E-state index contributed by atoms with van der Waals surface area (Å²) in [6.45, 7) is 3.71. The van der Waals surface area contributed by atoms with Gasteiger partial charge in [-0.3, -0.25) is 4.79 Å². The van der Waals surface area contributed by atoms with Gasteiger partial charge in [-0.25, -0.2) is 17.2 Å². The minimum absolute atomic E-state index is 0.0827. The van der Waals surface area contributed by atoms with Gasteiger partial charge < -0.3 is 4.90 Å². The summed E-state index contributed by atoms with van der Waals surface area (Å²) >= 11 is 0. The normalized spacial score (nSPS) is 15.4. The van der Waals surface area contributed by atoms with Crippen molar-refractivity contribution >= 4 is 21.6 Å². The lowest BCUT2D eigenvalue weighted by atomic mass is 10.0. The highest BCUT2D eigenvalue weighted by molar-refractivity contribution is 7.89. The monoisotopic (exact) mass is 408 g/mol. The molecule has 8 heteroatoms. The van der Waals surface area contributed by atoms with Crippen LogP contribution >= 0.6 is 0 Å². The van der Waals surface area contributed by atoms with Crippen molar-refractivity contribution in [3.8, 4) is 0 Å². The lowest BCUT2D eigenvalue weighted by Crippen LogP contribution is -2.34. The summed E-state index contributed by atoms with van der Waals surface area (Å²) in [5.74, 6) is -2.08. The van der Waals surface area contributed by atoms with Crippen LogP contribution in [-0.2, 0) is 21.2 Å². The van der Waals surface area contributed by atoms with E-state index < -0.39 is 27.7 Å². The molecule has 150 valence electrons. The van der Waals surface area contributed by atoms with Crippen molar-refractivity contribution in [3.05, 3.63) is 59.2 Å². The number of rotatable bonds is 4. The van der Waals surface area contributed by atoms with Crippen LogP contribution < -0.4 is 4.90 Å². The third-order valence-corrected chi connectivity index (χ3v) is 7.12. The van der Waals surface area contributed by atoms with Crippen molar-refractivity contribution in [2.45, 2.75) is 37.6 Å². The van der Waals surface area contributed by atoms with E-state index in [-0.39, 0.29) is 10.8 Å². The smallest absolute Gasteiger partial charge is 0.243 e. The van der Waals surface area contributed by atoms with Crippen LogP contribution in [0.25, 0.3) is 0 Å². The number of anilines is 1. The van der Waals surface area contributed by atoms with Gasteiger partial charge in [0.25, 0.3) is 0 Å². The van der Waals surface area contributed by atoms with Crippen LogP contribution in [0.5, 0.6) is 0 Å². The van der Waals surface area contributed by atoms with Crippen LogP contribution in [-0.4, -0.2) is 32.2 Å². The molecule has 1 unspecified atom stereocenters. The summed E-state index contributed by atoms with van der Waals surface area (Å²) in [7, 11) is -2.46.